The molecule has 0 saturated heterocycles. The van der Waals surface area contributed by atoms with Gasteiger partial charge in [0.2, 0.25) is 5.88 Å². The van der Waals surface area contributed by atoms with E-state index in [9.17, 15) is 9.59 Å². The maximum absolute atomic E-state index is 11.7. The summed E-state index contributed by atoms with van der Waals surface area (Å²) in [6.07, 6.45) is 2.65. The van der Waals surface area contributed by atoms with Crippen molar-refractivity contribution in [2.45, 2.75) is 13.8 Å². The van der Waals surface area contributed by atoms with Crippen LogP contribution in [0.15, 0.2) is 23.3 Å². The Balaban J connectivity index is 2.85. The van der Waals surface area contributed by atoms with Crippen LogP contribution in [-0.4, -0.2) is 43.5 Å². The van der Waals surface area contributed by atoms with Crippen molar-refractivity contribution in [3.63, 3.8) is 0 Å². The third kappa shape index (κ3) is 5.21. The second kappa shape index (κ2) is 8.68. The molecule has 0 spiro atoms. The Hall–Kier alpha value is -2.44. The molecule has 1 heterocycles. The van der Waals surface area contributed by atoms with E-state index in [0.717, 1.165) is 0 Å². The maximum atomic E-state index is 11.7. The molecule has 0 N–H and O–H groups in total. The molecule has 0 aliphatic heterocycles. The second-order valence-corrected chi connectivity index (χ2v) is 3.82. The van der Waals surface area contributed by atoms with Gasteiger partial charge in [0.25, 0.3) is 0 Å². The van der Waals surface area contributed by atoms with Crippen LogP contribution < -0.4 is 4.74 Å². The Morgan fingerprint density at radius 3 is 2.29 bits per heavy atom. The van der Waals surface area contributed by atoms with Gasteiger partial charge in [-0.05, 0) is 19.9 Å². The van der Waals surface area contributed by atoms with Crippen molar-refractivity contribution in [2.75, 3.05) is 20.3 Å². The first kappa shape index (κ1) is 16.6. The van der Waals surface area contributed by atoms with Gasteiger partial charge in [0.15, 0.2) is 5.92 Å². The minimum atomic E-state index is -1.19. The van der Waals surface area contributed by atoms with Crippen LogP contribution in [-0.2, 0) is 19.1 Å². The predicted molar refractivity (Wildman–Crippen MR) is 75.7 cm³/mol. The van der Waals surface area contributed by atoms with E-state index in [1.807, 2.05) is 0 Å². The normalized spacial score (nSPS) is 10.7. The first-order chi connectivity index (χ1) is 10.1. The molecule has 0 saturated carbocycles. The van der Waals surface area contributed by atoms with E-state index in [0.29, 0.717) is 11.6 Å². The van der Waals surface area contributed by atoms with Crippen LogP contribution in [0.1, 0.15) is 13.8 Å². The Morgan fingerprint density at radius 1 is 1.24 bits per heavy atom. The van der Waals surface area contributed by atoms with E-state index in [2.05, 4.69) is 9.98 Å². The fourth-order valence-electron chi connectivity index (χ4n) is 1.41. The molecule has 1 rings (SSSR count). The van der Waals surface area contributed by atoms with Crippen LogP contribution in [0.3, 0.4) is 0 Å². The molecule has 0 radical (unpaired) electrons. The lowest BCUT2D eigenvalue weighted by Gasteiger charge is -2.09. The molecule has 7 heteroatoms. The van der Waals surface area contributed by atoms with E-state index in [4.69, 9.17) is 14.2 Å². The highest BCUT2D eigenvalue weighted by Crippen LogP contribution is 2.14. The van der Waals surface area contributed by atoms with Crippen molar-refractivity contribution < 1.29 is 23.8 Å². The van der Waals surface area contributed by atoms with Gasteiger partial charge in [-0.1, -0.05) is 0 Å². The second-order valence-electron chi connectivity index (χ2n) is 3.82. The highest BCUT2D eigenvalue weighted by molar-refractivity contribution is 6.09. The summed E-state index contributed by atoms with van der Waals surface area (Å²) in [5.74, 6) is -2.13. The molecule has 1 aromatic rings. The fraction of sp³-hybridized carbons (Fsp3) is 0.429. The molecule has 0 fully saturated rings. The minimum absolute atomic E-state index is 0.173. The minimum Gasteiger partial charge on any atom is -0.481 e. The molecular formula is C14H18N2O5. The van der Waals surface area contributed by atoms with Gasteiger partial charge in [-0.15, -0.1) is 0 Å². The highest BCUT2D eigenvalue weighted by atomic mass is 16.6. The van der Waals surface area contributed by atoms with E-state index >= 15 is 0 Å². The number of rotatable bonds is 7. The van der Waals surface area contributed by atoms with E-state index in [1.54, 1.807) is 26.0 Å². The number of carbonyl (C=O) groups is 2. The topological polar surface area (TPSA) is 87.1 Å². The van der Waals surface area contributed by atoms with Gasteiger partial charge in [-0.2, -0.15) is 0 Å². The maximum Gasteiger partial charge on any atom is 0.325 e. The monoisotopic (exact) mass is 294 g/mol. The Bertz CT molecular complexity index is 481. The number of aromatic nitrogens is 1. The van der Waals surface area contributed by atoms with Gasteiger partial charge in [0.1, 0.15) is 0 Å². The SMILES string of the molecule is CCOC(=O)C(C=Nc1ccc(OC)nc1)C(=O)OCC. The third-order valence-corrected chi connectivity index (χ3v) is 2.38. The Labute approximate surface area is 122 Å². The highest BCUT2D eigenvalue weighted by Gasteiger charge is 2.27. The van der Waals surface area contributed by atoms with Crippen LogP contribution >= 0.6 is 0 Å². The van der Waals surface area contributed by atoms with Gasteiger partial charge < -0.3 is 14.2 Å². The number of ether oxygens (including phenoxy) is 3. The molecule has 21 heavy (non-hydrogen) atoms. The van der Waals surface area contributed by atoms with Crippen LogP contribution in [0.25, 0.3) is 0 Å². The van der Waals surface area contributed by atoms with E-state index < -0.39 is 17.9 Å². The molecule has 7 nitrogen and oxygen atoms in total. The molecule has 114 valence electrons. The summed E-state index contributed by atoms with van der Waals surface area (Å²) < 4.78 is 14.6. The molecule has 0 aliphatic rings. The molecule has 1 aromatic heterocycles. The number of pyridine rings is 1. The van der Waals surface area contributed by atoms with Crippen molar-refractivity contribution in [2.24, 2.45) is 10.9 Å². The van der Waals surface area contributed by atoms with Crippen LogP contribution in [0, 0.1) is 5.92 Å². The summed E-state index contributed by atoms with van der Waals surface area (Å²) in [5, 5.41) is 0. The molecular weight excluding hydrogens is 276 g/mol. The number of esters is 2. The van der Waals surface area contributed by atoms with Crippen molar-refractivity contribution in [3.8, 4) is 5.88 Å². The standard InChI is InChI=1S/C14H18N2O5/c1-4-20-13(17)11(14(18)21-5-2)9-15-10-6-7-12(19-3)16-8-10/h6-9,11H,4-5H2,1-3H3. The zero-order chi connectivity index (χ0) is 15.7. The Morgan fingerprint density at radius 2 is 1.86 bits per heavy atom. The smallest absolute Gasteiger partial charge is 0.325 e. The third-order valence-electron chi connectivity index (χ3n) is 2.38. The van der Waals surface area contributed by atoms with E-state index in [1.165, 1.54) is 19.5 Å². The van der Waals surface area contributed by atoms with Crippen LogP contribution in [0.5, 0.6) is 5.88 Å². The zero-order valence-electron chi connectivity index (χ0n) is 12.2. The summed E-state index contributed by atoms with van der Waals surface area (Å²) in [6.45, 7) is 3.66. The van der Waals surface area contributed by atoms with Crippen molar-refractivity contribution >= 4 is 23.8 Å². The molecule has 0 atom stereocenters. The van der Waals surface area contributed by atoms with Gasteiger partial charge in [0.05, 0.1) is 32.2 Å². The predicted octanol–water partition coefficient (Wildman–Crippen LogP) is 1.53. The first-order valence-electron chi connectivity index (χ1n) is 6.49. The first-order valence-corrected chi connectivity index (χ1v) is 6.49. The van der Waals surface area contributed by atoms with Crippen molar-refractivity contribution in [1.82, 2.24) is 4.98 Å². The Kier molecular flexibility index (Phi) is 6.86. The lowest BCUT2D eigenvalue weighted by molar-refractivity contribution is -0.157. The summed E-state index contributed by atoms with van der Waals surface area (Å²) >= 11 is 0. The van der Waals surface area contributed by atoms with Crippen molar-refractivity contribution in [1.29, 1.82) is 0 Å². The van der Waals surface area contributed by atoms with Gasteiger partial charge >= 0.3 is 11.9 Å². The van der Waals surface area contributed by atoms with Crippen LogP contribution in [0.2, 0.25) is 0 Å². The number of hydrogen-bond donors (Lipinski definition) is 0. The largest absolute Gasteiger partial charge is 0.481 e. The quantitative estimate of drug-likeness (QED) is 0.430. The summed E-state index contributed by atoms with van der Waals surface area (Å²) in [5.41, 5.74) is 0.481. The average Bonchev–Trinajstić information content (AvgIpc) is 2.48. The number of aliphatic imine (C=N–C) groups is 1. The number of hydrogen-bond acceptors (Lipinski definition) is 7. The number of methoxy groups -OCH3 is 1. The number of carbonyl (C=O) groups excluding carboxylic acids is 2. The lowest BCUT2D eigenvalue weighted by Crippen LogP contribution is -2.29. The molecule has 0 bridgehead atoms. The average molecular weight is 294 g/mol. The van der Waals surface area contributed by atoms with Gasteiger partial charge in [-0.3, -0.25) is 14.6 Å². The molecule has 0 amide bonds. The van der Waals surface area contributed by atoms with Gasteiger partial charge in [0, 0.05) is 12.3 Å². The van der Waals surface area contributed by atoms with Crippen LogP contribution in [0.4, 0.5) is 5.69 Å². The molecule has 0 aromatic carbocycles. The summed E-state index contributed by atoms with van der Waals surface area (Å²) in [7, 11) is 1.50. The molecule has 0 aliphatic carbocycles. The van der Waals surface area contributed by atoms with Gasteiger partial charge in [-0.25, -0.2) is 4.98 Å². The fourth-order valence-corrected chi connectivity index (χ4v) is 1.41. The van der Waals surface area contributed by atoms with Crippen molar-refractivity contribution in [3.05, 3.63) is 18.3 Å². The molecule has 0 unspecified atom stereocenters. The zero-order valence-corrected chi connectivity index (χ0v) is 12.2. The summed E-state index contributed by atoms with van der Waals surface area (Å²) in [4.78, 5) is 31.5. The van der Waals surface area contributed by atoms with E-state index in [-0.39, 0.29) is 13.2 Å². The lowest BCUT2D eigenvalue weighted by atomic mass is 10.2. The number of nitrogens with zero attached hydrogens (tertiary/aromatic N) is 2. The summed E-state index contributed by atoms with van der Waals surface area (Å²) in [6, 6.07) is 3.27.